The predicted octanol–water partition coefficient (Wildman–Crippen LogP) is 2.59. The summed E-state index contributed by atoms with van der Waals surface area (Å²) in [5.74, 6) is -1.19. The molecule has 26 heavy (non-hydrogen) atoms. The minimum atomic E-state index is -0.757. The van der Waals surface area contributed by atoms with Gasteiger partial charge in [-0.25, -0.2) is 4.79 Å². The van der Waals surface area contributed by atoms with E-state index in [-0.39, 0.29) is 25.5 Å². The average Bonchev–Trinajstić information content (AvgIpc) is 2.48. The second kappa shape index (κ2) is 13.4. The van der Waals surface area contributed by atoms with E-state index in [1.165, 1.54) is 0 Å². The van der Waals surface area contributed by atoms with E-state index in [0.717, 1.165) is 25.7 Å². The lowest BCUT2D eigenvalue weighted by Crippen LogP contribution is -2.42. The molecule has 0 fully saturated rings. The molecule has 0 aromatic heterocycles. The number of primary amides is 1. The summed E-state index contributed by atoms with van der Waals surface area (Å²) in [6.07, 6.45) is 4.61. The molecule has 0 rings (SSSR count). The van der Waals surface area contributed by atoms with Crippen LogP contribution >= 0.6 is 0 Å². The molecule has 0 aliphatic heterocycles. The molecule has 1 atom stereocenters. The van der Waals surface area contributed by atoms with Gasteiger partial charge in [0, 0.05) is 19.4 Å². The fraction of sp³-hybridized carbons (Fsp3) is 0.833. The number of nitrogens with two attached hydrogens (primary N) is 1. The van der Waals surface area contributed by atoms with Gasteiger partial charge in [0.05, 0.1) is 12.6 Å². The Kier molecular flexibility index (Phi) is 12.4. The third kappa shape index (κ3) is 17.0. The molecule has 8 nitrogen and oxygen atoms in total. The van der Waals surface area contributed by atoms with Crippen molar-refractivity contribution in [3.8, 4) is 0 Å². The molecule has 0 aliphatic rings. The number of aliphatic carboxylic acids is 1. The first kappa shape index (κ1) is 24.2. The van der Waals surface area contributed by atoms with E-state index in [1.54, 1.807) is 20.8 Å². The number of hydrogen-bond donors (Lipinski definition) is 3. The van der Waals surface area contributed by atoms with Crippen molar-refractivity contribution < 1.29 is 29.0 Å². The van der Waals surface area contributed by atoms with Crippen LogP contribution in [0.15, 0.2) is 0 Å². The smallest absolute Gasteiger partial charge is 0.407 e. The van der Waals surface area contributed by atoms with Crippen molar-refractivity contribution in [2.45, 2.75) is 83.8 Å². The molecule has 0 radical (unpaired) electrons. The molecule has 0 aromatic rings. The number of carbonyl (C=O) groups is 3. The fourth-order valence-electron chi connectivity index (χ4n) is 2.22. The van der Waals surface area contributed by atoms with Crippen LogP contribution in [0, 0.1) is 0 Å². The number of carbonyl (C=O) groups excluding carboxylic acids is 2. The van der Waals surface area contributed by atoms with Crippen LogP contribution < -0.4 is 11.1 Å². The van der Waals surface area contributed by atoms with Crippen molar-refractivity contribution in [1.29, 1.82) is 0 Å². The van der Waals surface area contributed by atoms with E-state index in [4.69, 9.17) is 20.3 Å². The Labute approximate surface area is 155 Å². The summed E-state index contributed by atoms with van der Waals surface area (Å²) in [5, 5.41) is 11.3. The van der Waals surface area contributed by atoms with E-state index < -0.39 is 23.6 Å². The van der Waals surface area contributed by atoms with Crippen LogP contribution in [0.1, 0.15) is 72.1 Å². The van der Waals surface area contributed by atoms with Gasteiger partial charge in [-0.2, -0.15) is 0 Å². The number of ether oxygens (including phenoxy) is 2. The van der Waals surface area contributed by atoms with E-state index in [2.05, 4.69) is 5.32 Å². The van der Waals surface area contributed by atoms with E-state index in [9.17, 15) is 14.4 Å². The number of hydrogen-bond acceptors (Lipinski definition) is 5. The van der Waals surface area contributed by atoms with Crippen molar-refractivity contribution in [3.05, 3.63) is 0 Å². The summed E-state index contributed by atoms with van der Waals surface area (Å²) in [7, 11) is 0. The zero-order chi connectivity index (χ0) is 20.0. The number of rotatable bonds is 14. The summed E-state index contributed by atoms with van der Waals surface area (Å²) >= 11 is 0. The lowest BCUT2D eigenvalue weighted by molar-refractivity contribution is -0.137. The normalized spacial score (nSPS) is 12.4. The van der Waals surface area contributed by atoms with Crippen LogP contribution in [0.5, 0.6) is 0 Å². The van der Waals surface area contributed by atoms with E-state index in [1.807, 2.05) is 0 Å². The number of amides is 2. The molecule has 2 amide bonds. The van der Waals surface area contributed by atoms with E-state index >= 15 is 0 Å². The van der Waals surface area contributed by atoms with Crippen LogP contribution in [-0.2, 0) is 19.1 Å². The molecule has 152 valence electrons. The van der Waals surface area contributed by atoms with Crippen LogP contribution in [0.4, 0.5) is 4.79 Å². The second-order valence-corrected chi connectivity index (χ2v) is 7.33. The number of nitrogens with one attached hydrogen (secondary N) is 1. The number of carboxylic acids is 1. The van der Waals surface area contributed by atoms with Gasteiger partial charge in [0.15, 0.2) is 0 Å². The van der Waals surface area contributed by atoms with Crippen LogP contribution in [0.25, 0.3) is 0 Å². The maximum absolute atomic E-state index is 11.9. The van der Waals surface area contributed by atoms with Gasteiger partial charge < -0.3 is 25.6 Å². The van der Waals surface area contributed by atoms with Gasteiger partial charge in [-0.1, -0.05) is 19.3 Å². The number of alkyl carbamates (subject to hydrolysis) is 1. The molecule has 4 N–H and O–H groups in total. The van der Waals surface area contributed by atoms with E-state index in [0.29, 0.717) is 19.4 Å². The van der Waals surface area contributed by atoms with Crippen molar-refractivity contribution in [2.75, 3.05) is 13.2 Å². The Morgan fingerprint density at radius 2 is 1.65 bits per heavy atom. The zero-order valence-corrected chi connectivity index (χ0v) is 16.2. The van der Waals surface area contributed by atoms with Gasteiger partial charge in [-0.05, 0) is 40.0 Å². The first-order valence-corrected chi connectivity index (χ1v) is 9.17. The highest BCUT2D eigenvalue weighted by Gasteiger charge is 2.20. The van der Waals surface area contributed by atoms with Gasteiger partial charge in [0.1, 0.15) is 5.60 Å². The van der Waals surface area contributed by atoms with Crippen LogP contribution in [0.3, 0.4) is 0 Å². The molecule has 0 heterocycles. The Morgan fingerprint density at radius 3 is 2.23 bits per heavy atom. The quantitative estimate of drug-likeness (QED) is 0.401. The summed E-state index contributed by atoms with van der Waals surface area (Å²) in [6.45, 7) is 6.15. The molecule has 0 bridgehead atoms. The molecule has 8 heteroatoms. The molecular weight excluding hydrogens is 340 g/mol. The van der Waals surface area contributed by atoms with Crippen molar-refractivity contribution in [2.24, 2.45) is 5.73 Å². The van der Waals surface area contributed by atoms with Gasteiger partial charge in [-0.3, -0.25) is 9.59 Å². The second-order valence-electron chi connectivity index (χ2n) is 7.33. The number of carboxylic acid groups (broad SMARTS) is 1. The molecular formula is C18H34N2O6. The Balaban J connectivity index is 3.98. The first-order chi connectivity index (χ1) is 12.1. The minimum absolute atomic E-state index is 0.160. The molecule has 0 aromatic carbocycles. The molecule has 0 aliphatic carbocycles. The van der Waals surface area contributed by atoms with Crippen LogP contribution in [0.2, 0.25) is 0 Å². The Bertz CT molecular complexity index is 434. The van der Waals surface area contributed by atoms with Gasteiger partial charge >= 0.3 is 12.1 Å². The first-order valence-electron chi connectivity index (χ1n) is 9.17. The van der Waals surface area contributed by atoms with Gasteiger partial charge in [0.2, 0.25) is 5.91 Å². The predicted molar refractivity (Wildman–Crippen MR) is 97.7 cm³/mol. The molecule has 0 saturated carbocycles. The highest BCUT2D eigenvalue weighted by atomic mass is 16.6. The van der Waals surface area contributed by atoms with Crippen molar-refractivity contribution in [1.82, 2.24) is 5.32 Å². The Hall–Kier alpha value is -1.83. The zero-order valence-electron chi connectivity index (χ0n) is 16.2. The summed E-state index contributed by atoms with van der Waals surface area (Å²) in [5.41, 5.74) is 4.57. The maximum Gasteiger partial charge on any atom is 0.407 e. The Morgan fingerprint density at radius 1 is 1.04 bits per heavy atom. The SMILES string of the molecule is CC(C)(C)OC(=O)N[C@@H](CCC(N)=O)COCCCCCCCC(=O)O. The summed E-state index contributed by atoms with van der Waals surface area (Å²) in [6, 6.07) is -0.340. The maximum atomic E-state index is 11.9. The highest BCUT2D eigenvalue weighted by Crippen LogP contribution is 2.09. The van der Waals surface area contributed by atoms with Crippen LogP contribution in [-0.4, -0.2) is 47.9 Å². The summed E-state index contributed by atoms with van der Waals surface area (Å²) in [4.78, 5) is 33.2. The topological polar surface area (TPSA) is 128 Å². The molecule has 0 spiro atoms. The lowest BCUT2D eigenvalue weighted by Gasteiger charge is -2.23. The lowest BCUT2D eigenvalue weighted by atomic mass is 10.1. The van der Waals surface area contributed by atoms with Crippen molar-refractivity contribution in [3.63, 3.8) is 0 Å². The summed E-state index contributed by atoms with van der Waals surface area (Å²) < 4.78 is 10.8. The van der Waals surface area contributed by atoms with Gasteiger partial charge in [-0.15, -0.1) is 0 Å². The minimum Gasteiger partial charge on any atom is -0.481 e. The third-order valence-electron chi connectivity index (χ3n) is 3.46. The number of unbranched alkanes of at least 4 members (excludes halogenated alkanes) is 4. The monoisotopic (exact) mass is 374 g/mol. The standard InChI is InChI=1S/C18H34N2O6/c1-18(2,3)26-17(24)20-14(10-11-15(19)21)13-25-12-8-6-4-5-7-9-16(22)23/h14H,4-13H2,1-3H3,(H2,19,21)(H,20,24)(H,22,23)/t14-/m0/s1. The molecule has 0 saturated heterocycles. The third-order valence-corrected chi connectivity index (χ3v) is 3.46. The van der Waals surface area contributed by atoms with Gasteiger partial charge in [0.25, 0.3) is 0 Å². The average molecular weight is 374 g/mol. The largest absolute Gasteiger partial charge is 0.481 e. The fourth-order valence-corrected chi connectivity index (χ4v) is 2.22. The van der Waals surface area contributed by atoms with Crippen molar-refractivity contribution >= 4 is 18.0 Å². The molecule has 0 unspecified atom stereocenters. The highest BCUT2D eigenvalue weighted by molar-refractivity contribution is 5.74.